The molecular formula is C13H18O5. The first-order valence-corrected chi connectivity index (χ1v) is 6.02. The van der Waals surface area contributed by atoms with Crippen LogP contribution in [-0.2, 0) is 23.8 Å². The van der Waals surface area contributed by atoms with E-state index >= 15 is 0 Å². The lowest BCUT2D eigenvalue weighted by atomic mass is 10.2. The summed E-state index contributed by atoms with van der Waals surface area (Å²) >= 11 is 0. The number of carbonyl (C=O) groups excluding carboxylic acids is 2. The molecule has 0 unspecified atom stereocenters. The van der Waals surface area contributed by atoms with E-state index in [-0.39, 0.29) is 23.9 Å². The SMILES string of the molecule is COC(=O)/C=C\[C@@H]1[C@@H](C=O)[C@@H]1[C@H]1COC(C)(C)O1. The van der Waals surface area contributed by atoms with Crippen LogP contribution in [0.3, 0.4) is 0 Å². The highest BCUT2D eigenvalue weighted by atomic mass is 16.7. The molecule has 0 aromatic rings. The van der Waals surface area contributed by atoms with Crippen LogP contribution in [0.4, 0.5) is 0 Å². The van der Waals surface area contributed by atoms with Gasteiger partial charge in [-0.3, -0.25) is 0 Å². The summed E-state index contributed by atoms with van der Waals surface area (Å²) in [6, 6.07) is 0. The van der Waals surface area contributed by atoms with Gasteiger partial charge in [-0.25, -0.2) is 4.79 Å². The van der Waals surface area contributed by atoms with Crippen molar-refractivity contribution >= 4 is 12.3 Å². The summed E-state index contributed by atoms with van der Waals surface area (Å²) in [5, 5.41) is 0. The Morgan fingerprint density at radius 2 is 2.11 bits per heavy atom. The van der Waals surface area contributed by atoms with Crippen molar-refractivity contribution < 1.29 is 23.8 Å². The highest BCUT2D eigenvalue weighted by molar-refractivity contribution is 5.82. The van der Waals surface area contributed by atoms with Crippen molar-refractivity contribution in [3.05, 3.63) is 12.2 Å². The minimum atomic E-state index is -0.586. The van der Waals surface area contributed by atoms with Gasteiger partial charge in [0.1, 0.15) is 6.29 Å². The quantitative estimate of drug-likeness (QED) is 0.424. The minimum Gasteiger partial charge on any atom is -0.466 e. The largest absolute Gasteiger partial charge is 0.466 e. The molecule has 5 heteroatoms. The summed E-state index contributed by atoms with van der Waals surface area (Å²) in [5.41, 5.74) is 0. The Hall–Kier alpha value is -1.20. The molecule has 2 aliphatic rings. The van der Waals surface area contributed by atoms with Gasteiger partial charge in [0.05, 0.1) is 19.8 Å². The molecule has 0 aromatic carbocycles. The molecule has 0 aromatic heterocycles. The lowest BCUT2D eigenvalue weighted by molar-refractivity contribution is -0.141. The average molecular weight is 254 g/mol. The first-order valence-electron chi connectivity index (χ1n) is 6.02. The van der Waals surface area contributed by atoms with E-state index in [9.17, 15) is 9.59 Å². The van der Waals surface area contributed by atoms with Gasteiger partial charge in [0.25, 0.3) is 0 Å². The monoisotopic (exact) mass is 254 g/mol. The van der Waals surface area contributed by atoms with Crippen molar-refractivity contribution in [1.29, 1.82) is 0 Å². The topological polar surface area (TPSA) is 61.8 Å². The van der Waals surface area contributed by atoms with Crippen molar-refractivity contribution in [1.82, 2.24) is 0 Å². The molecule has 0 spiro atoms. The van der Waals surface area contributed by atoms with Gasteiger partial charge in [-0.2, -0.15) is 0 Å². The molecule has 1 aliphatic heterocycles. The van der Waals surface area contributed by atoms with Crippen molar-refractivity contribution in [2.45, 2.75) is 25.7 Å². The fourth-order valence-corrected chi connectivity index (χ4v) is 2.48. The third-order valence-corrected chi connectivity index (χ3v) is 3.46. The van der Waals surface area contributed by atoms with Crippen LogP contribution in [0.25, 0.3) is 0 Å². The third-order valence-electron chi connectivity index (χ3n) is 3.46. The van der Waals surface area contributed by atoms with E-state index in [0.29, 0.717) is 6.61 Å². The van der Waals surface area contributed by atoms with Gasteiger partial charge in [0.15, 0.2) is 5.79 Å². The molecule has 2 rings (SSSR count). The smallest absolute Gasteiger partial charge is 0.330 e. The number of rotatable bonds is 4. The van der Waals surface area contributed by atoms with Crippen molar-refractivity contribution in [3.63, 3.8) is 0 Å². The van der Waals surface area contributed by atoms with Gasteiger partial charge in [0.2, 0.25) is 0 Å². The highest BCUT2D eigenvalue weighted by Crippen LogP contribution is 2.51. The zero-order valence-electron chi connectivity index (χ0n) is 10.8. The molecule has 1 saturated heterocycles. The number of ether oxygens (including phenoxy) is 3. The van der Waals surface area contributed by atoms with Gasteiger partial charge in [-0.15, -0.1) is 0 Å². The van der Waals surface area contributed by atoms with E-state index in [1.165, 1.54) is 13.2 Å². The van der Waals surface area contributed by atoms with Gasteiger partial charge < -0.3 is 19.0 Å². The number of methoxy groups -OCH3 is 1. The number of carbonyl (C=O) groups is 2. The Labute approximate surface area is 106 Å². The second-order valence-corrected chi connectivity index (χ2v) is 5.12. The summed E-state index contributed by atoms with van der Waals surface area (Å²) in [7, 11) is 1.32. The minimum absolute atomic E-state index is 0.0455. The van der Waals surface area contributed by atoms with E-state index in [4.69, 9.17) is 9.47 Å². The Bertz CT molecular complexity index is 374. The summed E-state index contributed by atoms with van der Waals surface area (Å²) in [5.74, 6) is -0.936. The van der Waals surface area contributed by atoms with E-state index < -0.39 is 11.8 Å². The van der Waals surface area contributed by atoms with Crippen LogP contribution in [0.15, 0.2) is 12.2 Å². The summed E-state index contributed by atoms with van der Waals surface area (Å²) < 4.78 is 15.7. The number of allylic oxidation sites excluding steroid dienone is 1. The molecule has 4 atom stereocenters. The molecule has 1 saturated carbocycles. The molecule has 100 valence electrons. The van der Waals surface area contributed by atoms with Gasteiger partial charge >= 0.3 is 5.97 Å². The van der Waals surface area contributed by atoms with Crippen LogP contribution in [0.1, 0.15) is 13.8 Å². The average Bonchev–Trinajstić information content (AvgIpc) is 2.93. The van der Waals surface area contributed by atoms with Gasteiger partial charge in [-0.1, -0.05) is 6.08 Å². The van der Waals surface area contributed by atoms with Crippen LogP contribution in [0.5, 0.6) is 0 Å². The zero-order valence-corrected chi connectivity index (χ0v) is 10.8. The second kappa shape index (κ2) is 4.82. The summed E-state index contributed by atoms with van der Waals surface area (Å²) in [4.78, 5) is 22.0. The van der Waals surface area contributed by atoms with Gasteiger partial charge in [-0.05, 0) is 19.8 Å². The van der Waals surface area contributed by atoms with Crippen molar-refractivity contribution in [2.24, 2.45) is 17.8 Å². The highest BCUT2D eigenvalue weighted by Gasteiger charge is 2.56. The molecule has 1 aliphatic carbocycles. The standard InChI is InChI=1S/C13H18O5/c1-13(2)17-7-10(18-13)12-8(9(12)6-14)4-5-11(15)16-3/h4-6,8-10,12H,7H2,1-3H3/b5-4-/t8-,9-,10-,12-/m1/s1. The fraction of sp³-hybridized carbons (Fsp3) is 0.692. The Morgan fingerprint density at radius 1 is 1.39 bits per heavy atom. The lowest BCUT2D eigenvalue weighted by Gasteiger charge is -2.16. The van der Waals surface area contributed by atoms with Gasteiger partial charge in [0, 0.05) is 17.9 Å². The molecule has 0 radical (unpaired) electrons. The predicted octanol–water partition coefficient (Wildman–Crippen LogP) is 0.928. The van der Waals surface area contributed by atoms with E-state index in [1.807, 2.05) is 13.8 Å². The normalized spacial score (nSPS) is 37.7. The van der Waals surface area contributed by atoms with Crippen LogP contribution < -0.4 is 0 Å². The first-order chi connectivity index (χ1) is 8.48. The second-order valence-electron chi connectivity index (χ2n) is 5.12. The van der Waals surface area contributed by atoms with Crippen molar-refractivity contribution in [2.75, 3.05) is 13.7 Å². The molecule has 5 nitrogen and oxygen atoms in total. The first kappa shape index (κ1) is 13.2. The van der Waals surface area contributed by atoms with Crippen LogP contribution in [0, 0.1) is 17.8 Å². The maximum absolute atomic E-state index is 11.0. The number of hydrogen-bond acceptors (Lipinski definition) is 5. The maximum Gasteiger partial charge on any atom is 0.330 e. The van der Waals surface area contributed by atoms with E-state index in [2.05, 4.69) is 4.74 Å². The molecule has 2 fully saturated rings. The zero-order chi connectivity index (χ0) is 13.3. The molecular weight excluding hydrogens is 236 g/mol. The lowest BCUT2D eigenvalue weighted by Crippen LogP contribution is -2.23. The third kappa shape index (κ3) is 2.62. The Kier molecular flexibility index (Phi) is 3.54. The number of aldehydes is 1. The Morgan fingerprint density at radius 3 is 2.61 bits per heavy atom. The maximum atomic E-state index is 11.0. The summed E-state index contributed by atoms with van der Waals surface area (Å²) in [6.45, 7) is 4.19. The number of esters is 1. The fourth-order valence-electron chi connectivity index (χ4n) is 2.48. The van der Waals surface area contributed by atoms with Crippen LogP contribution >= 0.6 is 0 Å². The number of hydrogen-bond donors (Lipinski definition) is 0. The predicted molar refractivity (Wildman–Crippen MR) is 62.6 cm³/mol. The molecule has 0 amide bonds. The van der Waals surface area contributed by atoms with E-state index in [1.54, 1.807) is 6.08 Å². The molecule has 1 heterocycles. The van der Waals surface area contributed by atoms with Crippen LogP contribution in [0.2, 0.25) is 0 Å². The van der Waals surface area contributed by atoms with Crippen molar-refractivity contribution in [3.8, 4) is 0 Å². The van der Waals surface area contributed by atoms with Crippen LogP contribution in [-0.4, -0.2) is 37.9 Å². The summed E-state index contributed by atoms with van der Waals surface area (Å²) in [6.07, 6.45) is 3.93. The Balaban J connectivity index is 1.96. The van der Waals surface area contributed by atoms with E-state index in [0.717, 1.165) is 6.29 Å². The molecule has 0 bridgehead atoms. The molecule has 0 N–H and O–H groups in total. The molecule has 18 heavy (non-hydrogen) atoms.